The lowest BCUT2D eigenvalue weighted by molar-refractivity contribution is -0.226. The van der Waals surface area contributed by atoms with Gasteiger partial charge in [-0.2, -0.15) is 0 Å². The number of aromatic nitrogens is 2. The Bertz CT molecular complexity index is 1300. The lowest BCUT2D eigenvalue weighted by atomic mass is 9.95. The van der Waals surface area contributed by atoms with Gasteiger partial charge in [0.05, 0.1) is 37.8 Å². The van der Waals surface area contributed by atoms with Crippen molar-refractivity contribution < 1.29 is 18.9 Å². The third-order valence-electron chi connectivity index (χ3n) is 7.32. The molecule has 2 aromatic heterocycles. The van der Waals surface area contributed by atoms with Crippen molar-refractivity contribution in [2.45, 2.75) is 40.3 Å². The molecule has 0 unspecified atom stereocenters. The smallest absolute Gasteiger partial charge is 0.183 e. The van der Waals surface area contributed by atoms with Gasteiger partial charge in [-0.05, 0) is 23.3 Å². The molecule has 0 spiro atoms. The van der Waals surface area contributed by atoms with E-state index in [1.54, 1.807) is 0 Å². The highest BCUT2D eigenvalue weighted by atomic mass is 16.7. The molecule has 0 bridgehead atoms. The minimum absolute atomic E-state index is 0.0580. The van der Waals surface area contributed by atoms with E-state index < -0.39 is 0 Å². The average Bonchev–Trinajstić information content (AvgIpc) is 2.98. The lowest BCUT2D eigenvalue weighted by Crippen LogP contribution is -2.33. The molecule has 0 atom stereocenters. The highest BCUT2D eigenvalue weighted by molar-refractivity contribution is 5.68. The maximum absolute atomic E-state index is 5.91. The normalized spacial score (nSPS) is 19.4. The number of ether oxygens (including phenoxy) is 4. The number of benzene rings is 2. The van der Waals surface area contributed by atoms with Crippen molar-refractivity contribution in [2.24, 2.45) is 10.8 Å². The second-order valence-corrected chi connectivity index (χ2v) is 12.3. The van der Waals surface area contributed by atoms with Gasteiger partial charge in [0.2, 0.25) is 0 Å². The summed E-state index contributed by atoms with van der Waals surface area (Å²) in [7, 11) is 0. The fourth-order valence-corrected chi connectivity index (χ4v) is 4.87. The predicted octanol–water partition coefficient (Wildman–Crippen LogP) is 7.62. The fourth-order valence-electron chi connectivity index (χ4n) is 4.87. The van der Waals surface area contributed by atoms with Crippen LogP contribution < -0.4 is 0 Å². The van der Waals surface area contributed by atoms with Crippen LogP contribution in [-0.4, -0.2) is 36.4 Å². The molecule has 0 saturated carbocycles. The van der Waals surface area contributed by atoms with Crippen LogP contribution in [0.3, 0.4) is 0 Å². The highest BCUT2D eigenvalue weighted by Gasteiger charge is 2.30. The average molecular weight is 537 g/mol. The molecule has 4 heterocycles. The van der Waals surface area contributed by atoms with E-state index >= 15 is 0 Å². The molecule has 6 heteroatoms. The number of hydrogen-bond donors (Lipinski definition) is 0. The summed E-state index contributed by atoms with van der Waals surface area (Å²) in [6.07, 6.45) is 3.18. The largest absolute Gasteiger partial charge is 0.348 e. The molecule has 2 aliphatic heterocycles. The first-order valence-corrected chi connectivity index (χ1v) is 13.8. The summed E-state index contributed by atoms with van der Waals surface area (Å²) in [5, 5.41) is 0. The van der Waals surface area contributed by atoms with Gasteiger partial charge in [-0.15, -0.1) is 0 Å². The summed E-state index contributed by atoms with van der Waals surface area (Å²) in [6.45, 7) is 11.4. The zero-order valence-electron chi connectivity index (χ0n) is 23.6. The Morgan fingerprint density at radius 1 is 0.475 bits per heavy atom. The molecular formula is C34H36N2O4. The van der Waals surface area contributed by atoms with Crippen molar-refractivity contribution in [2.75, 3.05) is 26.4 Å². The van der Waals surface area contributed by atoms with Crippen LogP contribution in [0.15, 0.2) is 85.2 Å². The Hall–Kier alpha value is -3.42. The summed E-state index contributed by atoms with van der Waals surface area (Å²) < 4.78 is 23.6. The third kappa shape index (κ3) is 6.01. The van der Waals surface area contributed by atoms with E-state index in [-0.39, 0.29) is 23.4 Å². The Labute approximate surface area is 236 Å². The zero-order valence-corrected chi connectivity index (χ0v) is 23.6. The van der Waals surface area contributed by atoms with Gasteiger partial charge in [0.25, 0.3) is 0 Å². The summed E-state index contributed by atoms with van der Waals surface area (Å²) >= 11 is 0. The molecule has 2 aliphatic rings. The number of pyridine rings is 2. The first-order valence-electron chi connectivity index (χ1n) is 13.8. The van der Waals surface area contributed by atoms with Crippen molar-refractivity contribution in [3.63, 3.8) is 0 Å². The van der Waals surface area contributed by atoms with Crippen LogP contribution in [0, 0.1) is 10.8 Å². The molecule has 6 nitrogen and oxygen atoms in total. The Balaban J connectivity index is 1.09. The molecular weight excluding hydrogens is 500 g/mol. The third-order valence-corrected chi connectivity index (χ3v) is 7.32. The van der Waals surface area contributed by atoms with Gasteiger partial charge in [0.15, 0.2) is 12.6 Å². The zero-order chi connectivity index (χ0) is 27.7. The van der Waals surface area contributed by atoms with E-state index in [1.807, 2.05) is 24.5 Å². The quantitative estimate of drug-likeness (QED) is 0.261. The van der Waals surface area contributed by atoms with Crippen molar-refractivity contribution in [3.8, 4) is 33.6 Å². The number of nitrogens with zero attached hydrogens (tertiary/aromatic N) is 2. The lowest BCUT2D eigenvalue weighted by Gasteiger charge is -2.34. The fraction of sp³-hybridized carbons (Fsp3) is 0.353. The molecule has 206 valence electrons. The summed E-state index contributed by atoms with van der Waals surface area (Å²) in [5.41, 5.74) is 8.14. The Kier molecular flexibility index (Phi) is 7.27. The maximum Gasteiger partial charge on any atom is 0.183 e. The van der Waals surface area contributed by atoms with Crippen molar-refractivity contribution in [1.82, 2.24) is 9.97 Å². The Morgan fingerprint density at radius 3 is 1.10 bits per heavy atom. The first-order chi connectivity index (χ1) is 19.2. The van der Waals surface area contributed by atoms with Gasteiger partial charge in [-0.3, -0.25) is 9.97 Å². The van der Waals surface area contributed by atoms with Crippen LogP contribution >= 0.6 is 0 Å². The maximum atomic E-state index is 5.91. The molecule has 0 radical (unpaired) electrons. The second-order valence-electron chi connectivity index (χ2n) is 12.3. The van der Waals surface area contributed by atoms with Gasteiger partial charge >= 0.3 is 0 Å². The van der Waals surface area contributed by atoms with Crippen LogP contribution in [0.25, 0.3) is 33.6 Å². The van der Waals surface area contributed by atoms with E-state index in [9.17, 15) is 0 Å². The van der Waals surface area contributed by atoms with E-state index in [0.29, 0.717) is 26.4 Å². The second kappa shape index (κ2) is 10.9. The van der Waals surface area contributed by atoms with E-state index in [0.717, 1.165) is 44.8 Å². The molecule has 2 saturated heterocycles. The van der Waals surface area contributed by atoms with E-state index in [1.165, 1.54) is 0 Å². The standard InChI is InChI=1S/C34H36N2O4/c1-33(2)19-37-31(38-20-33)25-9-5-23(6-10-25)27-13-15-29(35-17-27)30-16-14-28(18-36-30)24-7-11-26(12-8-24)32-39-21-34(3,4)22-40-32/h5-18,31-32H,19-22H2,1-4H3. The van der Waals surface area contributed by atoms with Gasteiger partial charge in [-0.1, -0.05) is 88.4 Å². The molecule has 4 aromatic rings. The number of hydrogen-bond acceptors (Lipinski definition) is 6. The van der Waals surface area contributed by atoms with Crippen LogP contribution in [0.1, 0.15) is 51.4 Å². The van der Waals surface area contributed by atoms with E-state index in [2.05, 4.69) is 98.3 Å². The van der Waals surface area contributed by atoms with Crippen LogP contribution in [0.5, 0.6) is 0 Å². The van der Waals surface area contributed by atoms with Gasteiger partial charge in [-0.25, -0.2) is 0 Å². The van der Waals surface area contributed by atoms with Gasteiger partial charge in [0.1, 0.15) is 0 Å². The highest BCUT2D eigenvalue weighted by Crippen LogP contribution is 2.34. The van der Waals surface area contributed by atoms with Crippen molar-refractivity contribution >= 4 is 0 Å². The van der Waals surface area contributed by atoms with Crippen LogP contribution in [-0.2, 0) is 18.9 Å². The molecule has 0 aliphatic carbocycles. The topological polar surface area (TPSA) is 62.7 Å². The van der Waals surface area contributed by atoms with E-state index in [4.69, 9.17) is 18.9 Å². The molecule has 2 fully saturated rings. The minimum Gasteiger partial charge on any atom is -0.348 e. The molecule has 2 aromatic carbocycles. The minimum atomic E-state index is -0.304. The van der Waals surface area contributed by atoms with Crippen LogP contribution in [0.2, 0.25) is 0 Å². The SMILES string of the molecule is CC1(C)COC(c2ccc(-c3ccc(-c4ccc(-c5ccc(C6OCC(C)(C)CO6)cc5)cn4)nc3)cc2)OC1. The predicted molar refractivity (Wildman–Crippen MR) is 155 cm³/mol. The summed E-state index contributed by atoms with van der Waals surface area (Å²) in [4.78, 5) is 9.38. The monoisotopic (exact) mass is 536 g/mol. The molecule has 0 amide bonds. The van der Waals surface area contributed by atoms with Gasteiger partial charge < -0.3 is 18.9 Å². The first kappa shape index (κ1) is 26.8. The van der Waals surface area contributed by atoms with Crippen LogP contribution in [0.4, 0.5) is 0 Å². The van der Waals surface area contributed by atoms with Gasteiger partial charge in [0, 0.05) is 45.5 Å². The van der Waals surface area contributed by atoms with Crippen molar-refractivity contribution in [3.05, 3.63) is 96.3 Å². The Morgan fingerprint density at radius 2 is 0.800 bits per heavy atom. The molecule has 40 heavy (non-hydrogen) atoms. The number of rotatable bonds is 5. The van der Waals surface area contributed by atoms with Crippen molar-refractivity contribution in [1.29, 1.82) is 0 Å². The summed E-state index contributed by atoms with van der Waals surface area (Å²) in [5.74, 6) is 0. The molecule has 6 rings (SSSR count). The molecule has 0 N–H and O–H groups in total. The summed E-state index contributed by atoms with van der Waals surface area (Å²) in [6, 6.07) is 24.8.